The molecular weight excluding hydrogens is 368 g/mol. The van der Waals surface area contributed by atoms with Crippen molar-refractivity contribution in [3.05, 3.63) is 0 Å². The number of thiocarbonyl (C=S) groups is 1. The number of primary amides is 1. The fourth-order valence-corrected chi connectivity index (χ4v) is 1.88. The van der Waals surface area contributed by atoms with Gasteiger partial charge in [0, 0.05) is 19.6 Å². The molecular formula is C13H26N6O6S. The van der Waals surface area contributed by atoms with Crippen LogP contribution in [0.2, 0.25) is 0 Å². The van der Waals surface area contributed by atoms with Crippen molar-refractivity contribution in [3.8, 4) is 0 Å². The summed E-state index contributed by atoms with van der Waals surface area (Å²) in [7, 11) is 1.51. The molecule has 150 valence electrons. The summed E-state index contributed by atoms with van der Waals surface area (Å²) in [5.41, 5.74) is 13.6. The number of carboxylic acids is 1. The Labute approximate surface area is 155 Å². The van der Waals surface area contributed by atoms with Gasteiger partial charge >= 0.3 is 12.0 Å². The quantitative estimate of drug-likeness (QED) is 0.128. The second-order valence-electron chi connectivity index (χ2n) is 5.58. The van der Waals surface area contributed by atoms with E-state index < -0.39 is 48.7 Å². The molecule has 0 spiro atoms. The van der Waals surface area contributed by atoms with Crippen molar-refractivity contribution in [1.29, 1.82) is 0 Å². The molecule has 13 heteroatoms. The van der Waals surface area contributed by atoms with Gasteiger partial charge in [-0.25, -0.2) is 15.0 Å². The first-order chi connectivity index (χ1) is 12.0. The fraction of sp³-hybridized carbons (Fsp3) is 0.692. The van der Waals surface area contributed by atoms with E-state index in [1.54, 1.807) is 0 Å². The number of aliphatic carboxylic acids is 1. The lowest BCUT2D eigenvalue weighted by molar-refractivity contribution is -0.140. The molecule has 10 N–H and O–H groups in total. The van der Waals surface area contributed by atoms with Crippen LogP contribution in [0.3, 0.4) is 0 Å². The molecule has 0 saturated carbocycles. The van der Waals surface area contributed by atoms with Gasteiger partial charge in [0.25, 0.3) is 0 Å². The Morgan fingerprint density at radius 2 is 1.77 bits per heavy atom. The molecule has 0 aromatic heterocycles. The summed E-state index contributed by atoms with van der Waals surface area (Å²) < 4.78 is 0. The number of nitrogens with zero attached hydrogens (tertiary/aromatic N) is 1. The van der Waals surface area contributed by atoms with Crippen molar-refractivity contribution in [1.82, 2.24) is 21.1 Å². The molecule has 0 aromatic carbocycles. The van der Waals surface area contributed by atoms with Crippen LogP contribution < -0.4 is 27.5 Å². The number of aliphatic hydroxyl groups is 2. The number of carbonyl (C=O) groups excluding carboxylic acids is 2. The van der Waals surface area contributed by atoms with E-state index >= 15 is 0 Å². The van der Waals surface area contributed by atoms with Gasteiger partial charge in [0.1, 0.15) is 4.99 Å². The Morgan fingerprint density at radius 1 is 1.23 bits per heavy atom. The third kappa shape index (κ3) is 8.87. The van der Waals surface area contributed by atoms with Crippen LogP contribution in [0.1, 0.15) is 13.3 Å². The maximum absolute atomic E-state index is 11.9. The maximum Gasteiger partial charge on any atom is 0.328 e. The monoisotopic (exact) mass is 394 g/mol. The lowest BCUT2D eigenvalue weighted by atomic mass is 10.2. The highest BCUT2D eigenvalue weighted by Gasteiger charge is 2.25. The Morgan fingerprint density at radius 3 is 2.19 bits per heavy atom. The molecule has 4 atom stereocenters. The normalized spacial score (nSPS) is 15.3. The highest BCUT2D eigenvalue weighted by molar-refractivity contribution is 7.80. The van der Waals surface area contributed by atoms with E-state index in [4.69, 9.17) is 33.9 Å². The summed E-state index contributed by atoms with van der Waals surface area (Å²) >= 11 is 5.19. The smallest absolute Gasteiger partial charge is 0.328 e. The van der Waals surface area contributed by atoms with Crippen LogP contribution in [0.5, 0.6) is 0 Å². The number of nitrogens with one attached hydrogen (secondary N) is 3. The van der Waals surface area contributed by atoms with Crippen LogP contribution >= 0.6 is 12.2 Å². The van der Waals surface area contributed by atoms with Gasteiger partial charge in [-0.15, -0.1) is 0 Å². The molecule has 1 unspecified atom stereocenters. The standard InChI is InChI=1S/C13H26N6O6S/c1-6(21)7(14)4-16-19(2)11(26)8(3-10(15)22)17-13(25)18-9(5-20)12(23)24/h6-9,16,20-21H,3-5,14H2,1-2H3,(H2,15,22)(H,23,24)(H2,17,18,25)/t6?,7-,8+,9+/m0/s1. The number of nitrogens with two attached hydrogens (primary N) is 2. The summed E-state index contributed by atoms with van der Waals surface area (Å²) in [5, 5.41) is 32.8. The van der Waals surface area contributed by atoms with Gasteiger partial charge in [-0.3, -0.25) is 4.79 Å². The van der Waals surface area contributed by atoms with Crippen LogP contribution in [-0.2, 0) is 9.59 Å². The molecule has 12 nitrogen and oxygen atoms in total. The molecule has 0 aliphatic heterocycles. The minimum Gasteiger partial charge on any atom is -0.480 e. The average Bonchev–Trinajstić information content (AvgIpc) is 2.54. The molecule has 0 bridgehead atoms. The van der Waals surface area contributed by atoms with Crippen molar-refractivity contribution in [2.45, 2.75) is 37.6 Å². The van der Waals surface area contributed by atoms with Crippen molar-refractivity contribution in [2.24, 2.45) is 11.5 Å². The lowest BCUT2D eigenvalue weighted by Gasteiger charge is -2.29. The van der Waals surface area contributed by atoms with E-state index in [-0.39, 0.29) is 18.0 Å². The number of carboxylic acid groups (broad SMARTS) is 1. The van der Waals surface area contributed by atoms with E-state index in [1.807, 2.05) is 5.32 Å². The second-order valence-corrected chi connectivity index (χ2v) is 6.00. The van der Waals surface area contributed by atoms with Gasteiger partial charge in [-0.1, -0.05) is 12.2 Å². The van der Waals surface area contributed by atoms with Crippen LogP contribution in [-0.4, -0.2) is 87.7 Å². The number of hydrogen-bond donors (Lipinski definition) is 8. The highest BCUT2D eigenvalue weighted by atomic mass is 32.1. The van der Waals surface area contributed by atoms with Gasteiger partial charge in [-0.05, 0) is 6.92 Å². The van der Waals surface area contributed by atoms with Crippen molar-refractivity contribution in [3.63, 3.8) is 0 Å². The molecule has 0 heterocycles. The molecule has 0 radical (unpaired) electrons. The summed E-state index contributed by atoms with van der Waals surface area (Å²) in [6.45, 7) is 0.869. The number of hydrazine groups is 1. The number of rotatable bonds is 11. The minimum atomic E-state index is -1.52. The van der Waals surface area contributed by atoms with Gasteiger partial charge in [-0.2, -0.15) is 0 Å². The first-order valence-electron chi connectivity index (χ1n) is 7.63. The molecule has 0 aliphatic carbocycles. The number of aliphatic hydroxyl groups excluding tert-OH is 2. The third-order valence-corrected chi connectivity index (χ3v) is 3.87. The number of amides is 3. The maximum atomic E-state index is 11.9. The molecule has 0 fully saturated rings. The van der Waals surface area contributed by atoms with E-state index in [0.29, 0.717) is 0 Å². The Hall–Kier alpha value is -2.06. The molecule has 0 aromatic rings. The van der Waals surface area contributed by atoms with Crippen LogP contribution in [0.25, 0.3) is 0 Å². The summed E-state index contributed by atoms with van der Waals surface area (Å²) in [4.78, 5) is 34.0. The molecule has 0 rings (SSSR count). The average molecular weight is 394 g/mol. The van der Waals surface area contributed by atoms with E-state index in [0.717, 1.165) is 0 Å². The predicted molar refractivity (Wildman–Crippen MR) is 95.8 cm³/mol. The second kappa shape index (κ2) is 11.5. The molecule has 3 amide bonds. The first kappa shape index (κ1) is 23.9. The van der Waals surface area contributed by atoms with Crippen molar-refractivity contribution < 1.29 is 29.7 Å². The van der Waals surface area contributed by atoms with Gasteiger partial charge in [0.15, 0.2) is 6.04 Å². The number of carbonyl (C=O) groups is 3. The fourth-order valence-electron chi connectivity index (χ4n) is 1.67. The molecule has 0 aliphatic rings. The Bertz CT molecular complexity index is 519. The zero-order valence-corrected chi connectivity index (χ0v) is 15.3. The number of likely N-dealkylation sites (N-methyl/N-ethyl adjacent to an activating group) is 1. The zero-order valence-electron chi connectivity index (χ0n) is 14.5. The lowest BCUT2D eigenvalue weighted by Crippen LogP contribution is -2.57. The molecule has 26 heavy (non-hydrogen) atoms. The van der Waals surface area contributed by atoms with E-state index in [2.05, 4.69) is 10.7 Å². The van der Waals surface area contributed by atoms with Crippen LogP contribution in [0.15, 0.2) is 0 Å². The van der Waals surface area contributed by atoms with Gasteiger partial charge < -0.3 is 42.4 Å². The largest absolute Gasteiger partial charge is 0.480 e. The topological polar surface area (TPSA) is 203 Å². The minimum absolute atomic E-state index is 0.0765. The first-order valence-corrected chi connectivity index (χ1v) is 8.04. The van der Waals surface area contributed by atoms with Crippen molar-refractivity contribution in [2.75, 3.05) is 20.2 Å². The van der Waals surface area contributed by atoms with Gasteiger partial charge in [0.05, 0.1) is 25.2 Å². The number of urea groups is 1. The van der Waals surface area contributed by atoms with Gasteiger partial charge in [0.2, 0.25) is 5.91 Å². The summed E-state index contributed by atoms with van der Waals surface area (Å²) in [6.07, 6.45) is -1.10. The Kier molecular flexibility index (Phi) is 10.6. The Balaban J connectivity index is 4.90. The summed E-state index contributed by atoms with van der Waals surface area (Å²) in [5.74, 6) is -2.17. The van der Waals surface area contributed by atoms with E-state index in [1.165, 1.54) is 19.0 Å². The van der Waals surface area contributed by atoms with Crippen LogP contribution in [0.4, 0.5) is 4.79 Å². The zero-order chi connectivity index (χ0) is 20.4. The van der Waals surface area contributed by atoms with Crippen molar-refractivity contribution >= 4 is 35.1 Å². The SMILES string of the molecule is CC(O)[C@@H](N)CNN(C)C(=S)[C@@H](CC(N)=O)NC(=O)N[C@H](CO)C(=O)O. The highest BCUT2D eigenvalue weighted by Crippen LogP contribution is 2.00. The van der Waals surface area contributed by atoms with Crippen LogP contribution in [0, 0.1) is 0 Å². The number of hydrogen-bond acceptors (Lipinski definition) is 8. The summed E-state index contributed by atoms with van der Waals surface area (Å²) in [6, 6.07) is -4.06. The third-order valence-electron chi connectivity index (χ3n) is 3.31. The molecule has 0 saturated heterocycles. The predicted octanol–water partition coefficient (Wildman–Crippen LogP) is -3.55. The van der Waals surface area contributed by atoms with E-state index in [9.17, 15) is 19.5 Å².